The van der Waals surface area contributed by atoms with Crippen molar-refractivity contribution in [3.8, 4) is 23.0 Å². The summed E-state index contributed by atoms with van der Waals surface area (Å²) in [5.41, 5.74) is 0.849. The second-order valence-electron chi connectivity index (χ2n) is 15.7. The summed E-state index contributed by atoms with van der Waals surface area (Å²) in [6.07, 6.45) is 4.75. The number of rotatable bonds is 4. The molecule has 0 fully saturated rings. The normalized spacial score (nSPS) is 30.1. The summed E-state index contributed by atoms with van der Waals surface area (Å²) in [7, 11) is 1.43. The van der Waals surface area contributed by atoms with E-state index in [4.69, 9.17) is 18.9 Å². The number of nitrogens with one attached hydrogen (secondary N) is 1. The van der Waals surface area contributed by atoms with Crippen LogP contribution in [0.1, 0.15) is 75.5 Å². The highest BCUT2D eigenvalue weighted by molar-refractivity contribution is 6.24. The smallest absolute Gasteiger partial charge is 0.312 e. The highest BCUT2D eigenvalue weighted by atomic mass is 16.7. The Labute approximate surface area is 343 Å². The zero-order valence-electron chi connectivity index (χ0n) is 34.9. The molecule has 0 aromatic heterocycles. The topological polar surface area (TPSA) is 214 Å². The molecule has 3 heterocycles. The van der Waals surface area contributed by atoms with Crippen LogP contribution in [0.4, 0.5) is 11.4 Å². The van der Waals surface area contributed by atoms with Crippen LogP contribution in [-0.4, -0.2) is 86.7 Å². The number of aromatic hydroxyl groups is 3. The maximum absolute atomic E-state index is 14.4. The van der Waals surface area contributed by atoms with Gasteiger partial charge in [-0.1, -0.05) is 64.1 Å². The highest BCUT2D eigenvalue weighted by Crippen LogP contribution is 2.55. The number of ketones is 1. The molecular formula is C45H54N2O12. The van der Waals surface area contributed by atoms with Crippen LogP contribution in [0.2, 0.25) is 0 Å². The van der Waals surface area contributed by atoms with Gasteiger partial charge in [0.1, 0.15) is 23.4 Å². The molecule has 9 atom stereocenters. The van der Waals surface area contributed by atoms with Gasteiger partial charge >= 0.3 is 11.8 Å². The number of phenolic OH excluding ortho intramolecular Hbond substituents is 3. The molecule has 3 aliphatic heterocycles. The van der Waals surface area contributed by atoms with E-state index in [9.17, 15) is 39.9 Å². The number of para-hydroxylation sites is 1. The van der Waals surface area contributed by atoms with Gasteiger partial charge in [0.05, 0.1) is 52.5 Å². The lowest BCUT2D eigenvalue weighted by atomic mass is 9.78. The maximum atomic E-state index is 14.4. The fraction of sp³-hybridized carbons (Fsp3) is 0.422. The van der Waals surface area contributed by atoms with Gasteiger partial charge in [-0.15, -0.1) is 0 Å². The summed E-state index contributed by atoms with van der Waals surface area (Å²) in [5.74, 6) is -8.49. The van der Waals surface area contributed by atoms with Crippen LogP contribution in [0, 0.1) is 37.5 Å². The van der Waals surface area contributed by atoms with Gasteiger partial charge < -0.3 is 49.8 Å². The van der Waals surface area contributed by atoms with E-state index >= 15 is 0 Å². The number of carbonyl (C=O) groups excluding carboxylic acids is 3. The van der Waals surface area contributed by atoms with Crippen molar-refractivity contribution in [3.63, 3.8) is 0 Å². The number of benzene rings is 3. The van der Waals surface area contributed by atoms with Crippen LogP contribution in [0.15, 0.2) is 65.4 Å². The van der Waals surface area contributed by atoms with Crippen molar-refractivity contribution in [1.29, 1.82) is 0 Å². The fourth-order valence-corrected chi connectivity index (χ4v) is 7.71. The average Bonchev–Trinajstić information content (AvgIpc) is 3.46. The molecule has 3 aromatic carbocycles. The van der Waals surface area contributed by atoms with Crippen molar-refractivity contribution < 1.29 is 58.9 Å². The van der Waals surface area contributed by atoms with Crippen molar-refractivity contribution >= 4 is 46.0 Å². The number of aryl methyl sites for hydroxylation is 1. The van der Waals surface area contributed by atoms with E-state index in [1.165, 1.54) is 59.4 Å². The van der Waals surface area contributed by atoms with Gasteiger partial charge in [0.25, 0.3) is 11.7 Å². The summed E-state index contributed by atoms with van der Waals surface area (Å²) in [6, 6.07) is 7.16. The van der Waals surface area contributed by atoms with E-state index in [2.05, 4.69) is 10.3 Å². The molecule has 6 N–H and O–H groups in total. The molecule has 316 valence electrons. The minimum atomic E-state index is -2.06. The molecule has 3 aliphatic rings. The van der Waals surface area contributed by atoms with Crippen molar-refractivity contribution in [2.24, 2.45) is 28.7 Å². The standard InChI is InChI=1S/C45H54N2O12/c1-21-14-11-12-17-30(21)46-20-29-35-40(53)33-32(39(29)52)34-42(27(7)38(33)51)59-45(9,43(34)54)57-19-18-31(56-10)24(4)41(58-28(8)48)26(6)37(50)25(5)36(49)22(2)15-13-16-23(3)44(55)47-35/h11-20,22,24-26,31,36-37,41,49-53H,1-10H3,(H,47,55)/b15-13+,19-18+,23-16+,46-20?/t22-,24+,25+,26+,31-,36-,37+,41+,45-/m0/s1. The van der Waals surface area contributed by atoms with E-state index < -0.39 is 88.8 Å². The predicted octanol–water partition coefficient (Wildman–Crippen LogP) is 6.81. The van der Waals surface area contributed by atoms with Gasteiger partial charge in [0.15, 0.2) is 5.75 Å². The van der Waals surface area contributed by atoms with E-state index in [1.54, 1.807) is 52.0 Å². The number of Topliss-reactive ketones (excluding diaryl/α,β-unsaturated/α-hetero) is 1. The Morgan fingerprint density at radius 1 is 0.915 bits per heavy atom. The van der Waals surface area contributed by atoms with Gasteiger partial charge in [-0.2, -0.15) is 0 Å². The third kappa shape index (κ3) is 8.56. The molecule has 1 amide bonds. The fourth-order valence-electron chi connectivity index (χ4n) is 7.71. The Morgan fingerprint density at radius 3 is 2.24 bits per heavy atom. The van der Waals surface area contributed by atoms with Gasteiger partial charge in [-0.3, -0.25) is 19.4 Å². The third-order valence-corrected chi connectivity index (χ3v) is 11.5. The van der Waals surface area contributed by atoms with Crippen LogP contribution < -0.4 is 10.1 Å². The number of ether oxygens (including phenoxy) is 4. The number of methoxy groups -OCH3 is 1. The molecule has 14 heteroatoms. The predicted molar refractivity (Wildman–Crippen MR) is 222 cm³/mol. The lowest BCUT2D eigenvalue weighted by Crippen LogP contribution is -2.46. The molecule has 3 aromatic rings. The first kappa shape index (κ1) is 44.4. The number of hydrogen-bond donors (Lipinski definition) is 6. The number of aliphatic hydroxyl groups is 2. The van der Waals surface area contributed by atoms with Crippen LogP contribution in [0.3, 0.4) is 0 Å². The van der Waals surface area contributed by atoms with Crippen molar-refractivity contribution in [2.75, 3.05) is 12.4 Å². The molecule has 0 unspecified atom stereocenters. The number of nitrogens with zero attached hydrogens (tertiary/aromatic N) is 1. The summed E-state index contributed by atoms with van der Waals surface area (Å²) >= 11 is 0. The molecule has 0 saturated carbocycles. The highest BCUT2D eigenvalue weighted by Gasteiger charge is 2.50. The number of aliphatic imine (C=N–C) groups is 1. The first-order valence-corrected chi connectivity index (χ1v) is 19.4. The lowest BCUT2D eigenvalue weighted by molar-refractivity contribution is -0.160. The van der Waals surface area contributed by atoms with Crippen LogP contribution in [0.25, 0.3) is 10.8 Å². The van der Waals surface area contributed by atoms with E-state index in [-0.39, 0.29) is 44.5 Å². The Kier molecular flexibility index (Phi) is 13.3. The maximum Gasteiger partial charge on any atom is 0.312 e. The zero-order valence-corrected chi connectivity index (χ0v) is 34.9. The summed E-state index contributed by atoms with van der Waals surface area (Å²) < 4.78 is 23.6. The van der Waals surface area contributed by atoms with Gasteiger partial charge in [0.2, 0.25) is 0 Å². The molecule has 6 rings (SSSR count). The van der Waals surface area contributed by atoms with E-state index in [1.807, 2.05) is 19.1 Å². The number of anilines is 1. The number of allylic oxidation sites excluding steroid dienone is 2. The first-order chi connectivity index (χ1) is 27.7. The second-order valence-corrected chi connectivity index (χ2v) is 15.7. The first-order valence-electron chi connectivity index (χ1n) is 19.4. The number of phenols is 3. The summed E-state index contributed by atoms with van der Waals surface area (Å²) in [4.78, 5) is 45.0. The number of esters is 1. The lowest BCUT2D eigenvalue weighted by Gasteiger charge is -2.38. The quantitative estimate of drug-likeness (QED) is 0.0694. The molecule has 14 nitrogen and oxygen atoms in total. The third-order valence-electron chi connectivity index (χ3n) is 11.5. The Morgan fingerprint density at radius 2 is 1.59 bits per heavy atom. The molecule has 0 aliphatic carbocycles. The molecule has 0 saturated heterocycles. The Hall–Kier alpha value is -5.70. The number of amides is 1. The Balaban J connectivity index is 1.74. The van der Waals surface area contributed by atoms with E-state index in [0.717, 1.165) is 5.56 Å². The average molecular weight is 815 g/mol. The molecule has 0 radical (unpaired) electrons. The SMILES string of the molecule is CO[C@H]1/C=C/O[C@@]2(C)Oc3c(C)c(O)c4c(O)c(c(C=Nc5ccccc5C)c(O)c4c3C2=O)NC(=O)/C(C)=C/C=C/[C@H](C)[C@H](O)[C@@H](C)[C@@H](O)[C@@H](C)[C@H](OC(C)=O)[C@@H]1C. The van der Waals surface area contributed by atoms with Crippen LogP contribution in [-0.2, 0) is 23.8 Å². The number of carbonyl (C=O) groups is 3. The minimum absolute atomic E-state index is 0.0443. The van der Waals surface area contributed by atoms with Gasteiger partial charge in [0, 0.05) is 67.4 Å². The van der Waals surface area contributed by atoms with Crippen LogP contribution in [0.5, 0.6) is 23.0 Å². The largest absolute Gasteiger partial charge is 0.507 e. The molecule has 0 spiro atoms. The number of hydrogen-bond acceptors (Lipinski definition) is 13. The van der Waals surface area contributed by atoms with Crippen LogP contribution >= 0.6 is 0 Å². The second kappa shape index (κ2) is 17.7. The zero-order chi connectivity index (χ0) is 43.7. The summed E-state index contributed by atoms with van der Waals surface area (Å²) in [6.45, 7) is 14.3. The Bertz CT molecular complexity index is 2260. The molecular weight excluding hydrogens is 760 g/mol. The number of fused-ring (bicyclic) bond motifs is 14. The van der Waals surface area contributed by atoms with Crippen molar-refractivity contribution in [3.05, 3.63) is 82.7 Å². The van der Waals surface area contributed by atoms with Gasteiger partial charge in [-0.25, -0.2) is 0 Å². The molecule has 5 bridgehead atoms. The monoisotopic (exact) mass is 814 g/mol. The van der Waals surface area contributed by atoms with Crippen molar-refractivity contribution in [1.82, 2.24) is 0 Å². The molecule has 59 heavy (non-hydrogen) atoms. The van der Waals surface area contributed by atoms with Crippen molar-refractivity contribution in [2.45, 2.75) is 92.5 Å². The van der Waals surface area contributed by atoms with Gasteiger partial charge in [-0.05, 0) is 38.5 Å². The van der Waals surface area contributed by atoms with E-state index in [0.29, 0.717) is 5.69 Å². The summed E-state index contributed by atoms with van der Waals surface area (Å²) in [5, 5.41) is 60.5. The number of aliphatic hydroxyl groups excluding tert-OH is 2. The minimum Gasteiger partial charge on any atom is -0.507 e.